The Morgan fingerprint density at radius 3 is 1.58 bits per heavy atom. The Labute approximate surface area is 313 Å². The topological polar surface area (TPSA) is 3.24 Å². The minimum Gasteiger partial charge on any atom is -0.310 e. The lowest BCUT2D eigenvalue weighted by molar-refractivity contribution is 0.457. The molecule has 1 atom stereocenters. The smallest absolute Gasteiger partial charge is 0.0529 e. The summed E-state index contributed by atoms with van der Waals surface area (Å²) in [5.41, 5.74) is 17.9. The van der Waals surface area contributed by atoms with Gasteiger partial charge in [-0.15, -0.1) is 0 Å². The molecule has 0 radical (unpaired) electrons. The molecule has 1 heteroatoms. The molecule has 7 aromatic rings. The third-order valence-corrected chi connectivity index (χ3v) is 12.2. The highest BCUT2D eigenvalue weighted by Crippen LogP contribution is 2.58. The van der Waals surface area contributed by atoms with Crippen molar-refractivity contribution in [3.8, 4) is 33.4 Å². The number of hydrogen-bond acceptors (Lipinski definition) is 1. The molecule has 0 bridgehead atoms. The fraction of sp³-hybridized carbons (Fsp3) is 0.115. The summed E-state index contributed by atoms with van der Waals surface area (Å²) in [5.74, 6) is 0.324. The second kappa shape index (κ2) is 12.2. The maximum atomic E-state index is 2.42. The highest BCUT2D eigenvalue weighted by atomic mass is 15.1. The summed E-state index contributed by atoms with van der Waals surface area (Å²) in [6.45, 7) is 4.70. The Morgan fingerprint density at radius 1 is 0.453 bits per heavy atom. The van der Waals surface area contributed by atoms with Crippen molar-refractivity contribution in [3.63, 3.8) is 0 Å². The van der Waals surface area contributed by atoms with Crippen LogP contribution in [-0.4, -0.2) is 0 Å². The van der Waals surface area contributed by atoms with Gasteiger partial charge in [0.25, 0.3) is 0 Å². The molecule has 10 rings (SSSR count). The fourth-order valence-corrected chi connectivity index (χ4v) is 9.68. The van der Waals surface area contributed by atoms with Crippen LogP contribution >= 0.6 is 0 Å². The molecule has 7 aromatic carbocycles. The Morgan fingerprint density at radius 2 is 0.962 bits per heavy atom. The molecule has 0 aliphatic heterocycles. The van der Waals surface area contributed by atoms with Gasteiger partial charge in [0.05, 0.1) is 5.41 Å². The molecule has 0 saturated heterocycles. The number of rotatable bonds is 6. The molecule has 0 N–H and O–H groups in total. The molecule has 3 aliphatic carbocycles. The average Bonchev–Trinajstić information content (AvgIpc) is 3.65. The minimum absolute atomic E-state index is 0.0640. The van der Waals surface area contributed by atoms with Gasteiger partial charge in [0.15, 0.2) is 0 Å². The fourth-order valence-electron chi connectivity index (χ4n) is 9.68. The average molecular weight is 680 g/mol. The van der Waals surface area contributed by atoms with Crippen LogP contribution in [0.25, 0.3) is 33.4 Å². The first-order chi connectivity index (χ1) is 26.0. The molecule has 0 amide bonds. The van der Waals surface area contributed by atoms with Crippen LogP contribution < -0.4 is 4.90 Å². The maximum absolute atomic E-state index is 2.42. The molecule has 254 valence electrons. The van der Waals surface area contributed by atoms with Crippen molar-refractivity contribution < 1.29 is 0 Å². The summed E-state index contributed by atoms with van der Waals surface area (Å²) in [6, 6.07) is 63.2. The van der Waals surface area contributed by atoms with E-state index in [0.29, 0.717) is 5.92 Å². The van der Waals surface area contributed by atoms with Crippen LogP contribution in [0.4, 0.5) is 17.1 Å². The first-order valence-electron chi connectivity index (χ1n) is 18.9. The number of benzene rings is 7. The van der Waals surface area contributed by atoms with E-state index in [4.69, 9.17) is 0 Å². The van der Waals surface area contributed by atoms with Crippen molar-refractivity contribution in [2.45, 2.75) is 31.1 Å². The van der Waals surface area contributed by atoms with E-state index in [-0.39, 0.29) is 10.8 Å². The number of anilines is 3. The number of nitrogens with zero attached hydrogens (tertiary/aromatic N) is 1. The first kappa shape index (κ1) is 31.5. The van der Waals surface area contributed by atoms with E-state index in [1.54, 1.807) is 0 Å². The summed E-state index contributed by atoms with van der Waals surface area (Å²) >= 11 is 0. The molecule has 3 aliphatic rings. The Kier molecular flexibility index (Phi) is 7.27. The third-order valence-electron chi connectivity index (χ3n) is 12.2. The van der Waals surface area contributed by atoms with E-state index >= 15 is 0 Å². The predicted molar refractivity (Wildman–Crippen MR) is 222 cm³/mol. The zero-order valence-corrected chi connectivity index (χ0v) is 30.2. The molecule has 0 saturated carbocycles. The molecule has 0 heterocycles. The van der Waals surface area contributed by atoms with Crippen LogP contribution in [-0.2, 0) is 10.8 Å². The van der Waals surface area contributed by atoms with Crippen LogP contribution in [0.1, 0.15) is 48.1 Å². The van der Waals surface area contributed by atoms with Crippen molar-refractivity contribution in [1.29, 1.82) is 0 Å². The molecule has 0 aromatic heterocycles. The summed E-state index contributed by atoms with van der Waals surface area (Å²) in [7, 11) is 0. The van der Waals surface area contributed by atoms with Crippen LogP contribution in [0.5, 0.6) is 0 Å². The summed E-state index contributed by atoms with van der Waals surface area (Å²) in [6.07, 6.45) is 10.2. The lowest BCUT2D eigenvalue weighted by Gasteiger charge is -2.39. The molecular formula is C52H41N. The number of allylic oxidation sites excluding steroid dienone is 4. The van der Waals surface area contributed by atoms with Crippen molar-refractivity contribution in [3.05, 3.63) is 222 Å². The van der Waals surface area contributed by atoms with Gasteiger partial charge in [-0.05, 0) is 110 Å². The van der Waals surface area contributed by atoms with Gasteiger partial charge in [0, 0.05) is 22.5 Å². The van der Waals surface area contributed by atoms with Gasteiger partial charge >= 0.3 is 0 Å². The number of fused-ring (bicyclic) bond motifs is 6. The van der Waals surface area contributed by atoms with Gasteiger partial charge in [0.2, 0.25) is 0 Å². The van der Waals surface area contributed by atoms with Gasteiger partial charge in [-0.1, -0.05) is 172 Å². The quantitative estimate of drug-likeness (QED) is 0.169. The van der Waals surface area contributed by atoms with Crippen molar-refractivity contribution in [2.75, 3.05) is 4.90 Å². The van der Waals surface area contributed by atoms with Crippen LogP contribution in [0, 0.1) is 5.92 Å². The van der Waals surface area contributed by atoms with E-state index in [1.165, 1.54) is 66.9 Å². The van der Waals surface area contributed by atoms with E-state index < -0.39 is 0 Å². The van der Waals surface area contributed by atoms with Gasteiger partial charge < -0.3 is 4.90 Å². The van der Waals surface area contributed by atoms with E-state index in [0.717, 1.165) is 17.8 Å². The lowest BCUT2D eigenvalue weighted by atomic mass is 9.62. The van der Waals surface area contributed by atoms with Crippen molar-refractivity contribution >= 4 is 17.1 Å². The SMILES string of the molecule is CC1(C)c2ccccc2-c2ccc(N(c3ccccc3)c3ccc(-c4ccc(C5(C6C=CC=CC6)c6ccccc6-c6ccccc65)cc4)cc3)cc21. The Hall–Kier alpha value is -6.18. The monoisotopic (exact) mass is 679 g/mol. The standard InChI is InChI=1S/C52H41N/c1-51(2)47-22-12-9-19-43(47)46-34-33-42(35-50(46)51)53(40-17-7-4-8-18-40)41-31-27-37(28-32-41)36-25-29-39(30-26-36)52(38-15-5-3-6-16-38)48-23-13-10-20-44(48)45-21-11-14-24-49(45)52/h3-15,17-35,38H,16H2,1-2H3. The molecule has 0 spiro atoms. The number of hydrogen-bond donors (Lipinski definition) is 0. The predicted octanol–water partition coefficient (Wildman–Crippen LogP) is 13.6. The maximum Gasteiger partial charge on any atom is 0.0529 e. The second-order valence-corrected chi connectivity index (χ2v) is 15.3. The lowest BCUT2D eigenvalue weighted by Crippen LogP contribution is -2.35. The molecular weight excluding hydrogens is 639 g/mol. The largest absolute Gasteiger partial charge is 0.310 e. The first-order valence-corrected chi connectivity index (χ1v) is 18.9. The van der Waals surface area contributed by atoms with Gasteiger partial charge in [-0.3, -0.25) is 0 Å². The molecule has 1 nitrogen and oxygen atoms in total. The van der Waals surface area contributed by atoms with Gasteiger partial charge in [-0.25, -0.2) is 0 Å². The molecule has 0 fully saturated rings. The van der Waals surface area contributed by atoms with Crippen LogP contribution in [0.15, 0.2) is 194 Å². The Bertz CT molecular complexity index is 2510. The molecule has 1 unspecified atom stereocenters. The summed E-state index contributed by atoms with van der Waals surface area (Å²) in [4.78, 5) is 2.39. The van der Waals surface area contributed by atoms with E-state index in [9.17, 15) is 0 Å². The summed E-state index contributed by atoms with van der Waals surface area (Å²) in [5, 5.41) is 0. The second-order valence-electron chi connectivity index (χ2n) is 15.3. The highest BCUT2D eigenvalue weighted by Gasteiger charge is 2.48. The van der Waals surface area contributed by atoms with E-state index in [2.05, 4.69) is 213 Å². The Balaban J connectivity index is 1.03. The van der Waals surface area contributed by atoms with Crippen LogP contribution in [0.2, 0.25) is 0 Å². The van der Waals surface area contributed by atoms with E-state index in [1.807, 2.05) is 0 Å². The van der Waals surface area contributed by atoms with Gasteiger partial charge in [0.1, 0.15) is 0 Å². The van der Waals surface area contributed by atoms with Crippen molar-refractivity contribution in [2.24, 2.45) is 5.92 Å². The minimum atomic E-state index is -0.251. The number of para-hydroxylation sites is 1. The zero-order valence-electron chi connectivity index (χ0n) is 30.2. The van der Waals surface area contributed by atoms with Gasteiger partial charge in [-0.2, -0.15) is 0 Å². The molecule has 53 heavy (non-hydrogen) atoms. The van der Waals surface area contributed by atoms with Crippen molar-refractivity contribution in [1.82, 2.24) is 0 Å². The third kappa shape index (κ3) is 4.77. The normalized spacial score (nSPS) is 16.8. The highest BCUT2D eigenvalue weighted by molar-refractivity contribution is 5.87. The van der Waals surface area contributed by atoms with Crippen LogP contribution in [0.3, 0.4) is 0 Å². The summed E-state index contributed by atoms with van der Waals surface area (Å²) < 4.78 is 0. The zero-order chi connectivity index (χ0) is 35.6.